The molecule has 0 atom stereocenters. The van der Waals surface area contributed by atoms with E-state index in [1.165, 1.54) is 37.7 Å². The molecule has 0 aliphatic heterocycles. The minimum atomic E-state index is 0.0711. The van der Waals surface area contributed by atoms with Gasteiger partial charge in [-0.15, -0.1) is 0 Å². The number of benzene rings is 1. The molecule has 3 nitrogen and oxygen atoms in total. The third-order valence-corrected chi connectivity index (χ3v) is 5.59. The zero-order valence-electron chi connectivity index (χ0n) is 16.0. The Labute approximate surface area is 148 Å². The van der Waals surface area contributed by atoms with E-state index in [2.05, 4.69) is 44.1 Å². The van der Waals surface area contributed by atoms with Crippen molar-refractivity contribution in [2.24, 2.45) is 0 Å². The van der Waals surface area contributed by atoms with Crippen LogP contribution >= 0.6 is 0 Å². The molecule has 1 aromatic rings. The number of aromatic hydroxyl groups is 1. The molecule has 0 radical (unpaired) electrons. The van der Waals surface area contributed by atoms with Crippen molar-refractivity contribution in [1.82, 2.24) is 10.2 Å². The van der Waals surface area contributed by atoms with E-state index in [4.69, 9.17) is 0 Å². The largest absolute Gasteiger partial charge is 0.508 e. The molecule has 2 N–H and O–H groups in total. The smallest absolute Gasteiger partial charge is 0.115 e. The molecule has 1 aliphatic carbocycles. The van der Waals surface area contributed by atoms with E-state index < -0.39 is 0 Å². The van der Waals surface area contributed by atoms with Crippen LogP contribution < -0.4 is 5.32 Å². The predicted octanol–water partition coefficient (Wildman–Crippen LogP) is 4.65. The molecule has 136 valence electrons. The van der Waals surface area contributed by atoms with Gasteiger partial charge in [0.2, 0.25) is 0 Å². The molecule has 24 heavy (non-hydrogen) atoms. The summed E-state index contributed by atoms with van der Waals surface area (Å²) < 4.78 is 0. The monoisotopic (exact) mass is 332 g/mol. The van der Waals surface area contributed by atoms with Gasteiger partial charge in [-0.2, -0.15) is 0 Å². The Morgan fingerprint density at radius 1 is 1.25 bits per heavy atom. The standard InChI is InChI=1S/C21H36N2O/c1-5-6-7-15-23(4)21(18-9-8-10-20(24)16-18)13-11-19(12-14-21)22-17(2)3/h8-10,16-17,19,22,24H,5-7,11-15H2,1-4H3. The zero-order valence-corrected chi connectivity index (χ0v) is 16.0. The van der Waals surface area contributed by atoms with Crippen molar-refractivity contribution in [3.05, 3.63) is 29.8 Å². The molecular weight excluding hydrogens is 296 g/mol. The third-order valence-electron chi connectivity index (χ3n) is 5.59. The average Bonchev–Trinajstić information content (AvgIpc) is 2.55. The predicted molar refractivity (Wildman–Crippen MR) is 102 cm³/mol. The topological polar surface area (TPSA) is 35.5 Å². The summed E-state index contributed by atoms with van der Waals surface area (Å²) >= 11 is 0. The van der Waals surface area contributed by atoms with Crippen molar-refractivity contribution >= 4 is 0 Å². The van der Waals surface area contributed by atoms with Crippen LogP contribution in [0.2, 0.25) is 0 Å². The van der Waals surface area contributed by atoms with Gasteiger partial charge < -0.3 is 10.4 Å². The number of unbranched alkanes of at least 4 members (excludes halogenated alkanes) is 2. The van der Waals surface area contributed by atoms with Gasteiger partial charge in [0.15, 0.2) is 0 Å². The molecule has 0 heterocycles. The summed E-state index contributed by atoms with van der Waals surface area (Å²) in [5.74, 6) is 0.385. The number of phenolic OH excluding ortho intramolecular Hbond substituents is 1. The first-order valence-corrected chi connectivity index (χ1v) is 9.74. The molecule has 0 saturated heterocycles. The number of hydrogen-bond acceptors (Lipinski definition) is 3. The first-order valence-electron chi connectivity index (χ1n) is 9.74. The van der Waals surface area contributed by atoms with Crippen LogP contribution in [0.5, 0.6) is 5.75 Å². The summed E-state index contributed by atoms with van der Waals surface area (Å²) in [4.78, 5) is 2.56. The molecule has 0 bridgehead atoms. The molecular formula is C21H36N2O. The van der Waals surface area contributed by atoms with Crippen LogP contribution in [-0.4, -0.2) is 35.7 Å². The third kappa shape index (κ3) is 4.73. The van der Waals surface area contributed by atoms with Crippen molar-refractivity contribution in [2.45, 2.75) is 83.3 Å². The van der Waals surface area contributed by atoms with Gasteiger partial charge in [-0.1, -0.05) is 45.7 Å². The van der Waals surface area contributed by atoms with E-state index in [-0.39, 0.29) is 5.54 Å². The Morgan fingerprint density at radius 2 is 1.96 bits per heavy atom. The maximum Gasteiger partial charge on any atom is 0.115 e. The fourth-order valence-electron chi connectivity index (χ4n) is 4.23. The summed E-state index contributed by atoms with van der Waals surface area (Å²) in [7, 11) is 2.27. The minimum absolute atomic E-state index is 0.0711. The van der Waals surface area contributed by atoms with E-state index in [9.17, 15) is 5.11 Å². The van der Waals surface area contributed by atoms with Gasteiger partial charge in [0.1, 0.15) is 5.75 Å². The van der Waals surface area contributed by atoms with Gasteiger partial charge in [0.25, 0.3) is 0 Å². The van der Waals surface area contributed by atoms with Gasteiger partial charge in [-0.05, 0) is 63.4 Å². The van der Waals surface area contributed by atoms with Gasteiger partial charge in [0, 0.05) is 17.6 Å². The fourth-order valence-corrected chi connectivity index (χ4v) is 4.23. The minimum Gasteiger partial charge on any atom is -0.508 e. The van der Waals surface area contributed by atoms with Gasteiger partial charge >= 0.3 is 0 Å². The highest BCUT2D eigenvalue weighted by Gasteiger charge is 2.40. The molecule has 1 aromatic carbocycles. The van der Waals surface area contributed by atoms with Crippen LogP contribution in [0.15, 0.2) is 24.3 Å². The van der Waals surface area contributed by atoms with Crippen molar-refractivity contribution in [3.63, 3.8) is 0 Å². The lowest BCUT2D eigenvalue weighted by Crippen LogP contribution is -2.50. The number of rotatable bonds is 8. The van der Waals surface area contributed by atoms with Crippen molar-refractivity contribution in [2.75, 3.05) is 13.6 Å². The lowest BCUT2D eigenvalue weighted by atomic mass is 9.73. The maximum atomic E-state index is 9.99. The quantitative estimate of drug-likeness (QED) is 0.680. The van der Waals surface area contributed by atoms with Crippen LogP contribution in [0.3, 0.4) is 0 Å². The molecule has 1 saturated carbocycles. The maximum absolute atomic E-state index is 9.99. The Hall–Kier alpha value is -1.06. The highest BCUT2D eigenvalue weighted by molar-refractivity contribution is 5.33. The molecule has 0 aromatic heterocycles. The highest BCUT2D eigenvalue weighted by atomic mass is 16.3. The Balaban J connectivity index is 2.17. The first-order chi connectivity index (χ1) is 11.5. The zero-order chi connectivity index (χ0) is 17.6. The molecule has 0 amide bonds. The summed E-state index contributed by atoms with van der Waals surface area (Å²) in [6.07, 6.45) is 8.51. The summed E-state index contributed by atoms with van der Waals surface area (Å²) in [6.45, 7) is 7.85. The molecule has 2 rings (SSSR count). The number of hydrogen-bond donors (Lipinski definition) is 2. The normalized spacial score (nSPS) is 24.7. The van der Waals surface area contributed by atoms with Crippen LogP contribution in [0.4, 0.5) is 0 Å². The first kappa shape index (κ1) is 19.3. The average molecular weight is 333 g/mol. The van der Waals surface area contributed by atoms with Crippen LogP contribution in [0, 0.1) is 0 Å². The van der Waals surface area contributed by atoms with Crippen LogP contribution in [-0.2, 0) is 5.54 Å². The number of nitrogens with zero attached hydrogens (tertiary/aromatic N) is 1. The molecule has 3 heteroatoms. The second-order valence-electron chi connectivity index (χ2n) is 7.81. The van der Waals surface area contributed by atoms with E-state index in [1.54, 1.807) is 6.07 Å². The Kier molecular flexibility index (Phi) is 7.12. The second-order valence-corrected chi connectivity index (χ2v) is 7.81. The fraction of sp³-hybridized carbons (Fsp3) is 0.714. The van der Waals surface area contributed by atoms with Gasteiger partial charge in [-0.25, -0.2) is 0 Å². The number of nitrogens with one attached hydrogen (secondary N) is 1. The SMILES string of the molecule is CCCCCN(C)C1(c2cccc(O)c2)CCC(NC(C)C)CC1. The van der Waals surface area contributed by atoms with E-state index >= 15 is 0 Å². The van der Waals surface area contributed by atoms with Gasteiger partial charge in [-0.3, -0.25) is 4.90 Å². The Morgan fingerprint density at radius 3 is 2.54 bits per heavy atom. The van der Waals surface area contributed by atoms with E-state index in [0.717, 1.165) is 19.4 Å². The molecule has 1 aliphatic rings. The lowest BCUT2D eigenvalue weighted by molar-refractivity contribution is 0.0590. The highest BCUT2D eigenvalue weighted by Crippen LogP contribution is 2.42. The summed E-state index contributed by atoms with van der Waals surface area (Å²) in [5.41, 5.74) is 1.35. The van der Waals surface area contributed by atoms with Crippen molar-refractivity contribution in [3.8, 4) is 5.75 Å². The van der Waals surface area contributed by atoms with E-state index in [1.807, 2.05) is 12.1 Å². The van der Waals surface area contributed by atoms with E-state index in [0.29, 0.717) is 17.8 Å². The van der Waals surface area contributed by atoms with Crippen LogP contribution in [0.1, 0.15) is 71.3 Å². The van der Waals surface area contributed by atoms with Crippen molar-refractivity contribution < 1.29 is 5.11 Å². The molecule has 0 unspecified atom stereocenters. The molecule has 0 spiro atoms. The lowest BCUT2D eigenvalue weighted by Gasteiger charge is -2.47. The molecule has 1 fully saturated rings. The second kappa shape index (κ2) is 8.87. The van der Waals surface area contributed by atoms with Crippen molar-refractivity contribution in [1.29, 1.82) is 0 Å². The van der Waals surface area contributed by atoms with Crippen LogP contribution in [0.25, 0.3) is 0 Å². The summed E-state index contributed by atoms with van der Waals surface area (Å²) in [5, 5.41) is 13.7. The Bertz CT molecular complexity index is 492. The van der Waals surface area contributed by atoms with Gasteiger partial charge in [0.05, 0.1) is 0 Å². The number of phenols is 1. The summed E-state index contributed by atoms with van der Waals surface area (Å²) in [6, 6.07) is 9.12.